The first-order chi connectivity index (χ1) is 5.96. The van der Waals surface area contributed by atoms with Gasteiger partial charge in [0, 0.05) is 12.4 Å². The molecule has 1 aromatic heterocycles. The maximum atomic E-state index is 10.8. The van der Waals surface area contributed by atoms with Crippen molar-refractivity contribution in [2.24, 2.45) is 11.1 Å². The lowest BCUT2D eigenvalue weighted by molar-refractivity contribution is -0.148. The first kappa shape index (κ1) is 9.73. The van der Waals surface area contributed by atoms with Gasteiger partial charge in [0.2, 0.25) is 0 Å². The molecule has 72 valence electrons. The average Bonchev–Trinajstić information content (AvgIpc) is 2.54. The van der Waals surface area contributed by atoms with Crippen molar-refractivity contribution >= 4 is 5.97 Å². The van der Waals surface area contributed by atoms with E-state index in [1.165, 1.54) is 0 Å². The highest BCUT2D eigenvalue weighted by molar-refractivity contribution is 5.74. The van der Waals surface area contributed by atoms with E-state index in [0.717, 1.165) is 0 Å². The minimum Gasteiger partial charge on any atom is -0.481 e. The van der Waals surface area contributed by atoms with Gasteiger partial charge in [0.1, 0.15) is 5.82 Å². The Balaban J connectivity index is 2.90. The predicted molar refractivity (Wildman–Crippen MR) is 46.9 cm³/mol. The van der Waals surface area contributed by atoms with Crippen molar-refractivity contribution < 1.29 is 9.90 Å². The Labute approximate surface area is 76.0 Å². The number of hydrogen-bond acceptors (Lipinski definition) is 3. The fourth-order valence-corrected chi connectivity index (χ4v) is 0.922. The summed E-state index contributed by atoms with van der Waals surface area (Å²) < 4.78 is 0. The molecule has 0 saturated heterocycles. The predicted octanol–water partition coefficient (Wildman–Crippen LogP) is 0.520. The Kier molecular flexibility index (Phi) is 2.38. The summed E-state index contributed by atoms with van der Waals surface area (Å²) in [5.41, 5.74) is 4.73. The third kappa shape index (κ3) is 1.70. The van der Waals surface area contributed by atoms with Crippen LogP contribution in [0.2, 0.25) is 0 Å². The molecule has 13 heavy (non-hydrogen) atoms. The Hall–Kier alpha value is -1.36. The lowest BCUT2D eigenvalue weighted by atomic mass is 9.85. The summed E-state index contributed by atoms with van der Waals surface area (Å²) in [6, 6.07) is -0.625. The van der Waals surface area contributed by atoms with Crippen LogP contribution in [0.25, 0.3) is 0 Å². The van der Waals surface area contributed by atoms with Crippen molar-refractivity contribution in [3.63, 3.8) is 0 Å². The Morgan fingerprint density at radius 2 is 2.38 bits per heavy atom. The number of aromatic nitrogens is 2. The molecule has 0 bridgehead atoms. The van der Waals surface area contributed by atoms with Gasteiger partial charge in [-0.05, 0) is 13.8 Å². The standard InChI is InChI=1S/C8H13N3O2/c1-8(2,7(12)13)5(9)6-10-3-4-11-6/h3-5H,9H2,1-2H3,(H,10,11)(H,12,13). The number of aliphatic carboxylic acids is 1. The summed E-state index contributed by atoms with van der Waals surface area (Å²) >= 11 is 0. The molecular formula is C8H13N3O2. The molecule has 0 aliphatic heterocycles. The number of rotatable bonds is 3. The average molecular weight is 183 g/mol. The Bertz CT molecular complexity index is 292. The molecule has 0 aliphatic carbocycles. The van der Waals surface area contributed by atoms with Crippen LogP contribution in [0.5, 0.6) is 0 Å². The fraction of sp³-hybridized carbons (Fsp3) is 0.500. The smallest absolute Gasteiger partial charge is 0.311 e. The highest BCUT2D eigenvalue weighted by atomic mass is 16.4. The second-order valence-corrected chi connectivity index (χ2v) is 3.48. The number of nitrogens with zero attached hydrogens (tertiary/aromatic N) is 1. The molecule has 1 heterocycles. The Morgan fingerprint density at radius 3 is 2.77 bits per heavy atom. The van der Waals surface area contributed by atoms with E-state index in [2.05, 4.69) is 9.97 Å². The van der Waals surface area contributed by atoms with Gasteiger partial charge in [0.05, 0.1) is 11.5 Å². The summed E-state index contributed by atoms with van der Waals surface area (Å²) in [5, 5.41) is 8.89. The summed E-state index contributed by atoms with van der Waals surface area (Å²) in [7, 11) is 0. The van der Waals surface area contributed by atoms with Gasteiger partial charge < -0.3 is 15.8 Å². The maximum Gasteiger partial charge on any atom is 0.311 e. The fourth-order valence-electron chi connectivity index (χ4n) is 0.922. The van der Waals surface area contributed by atoms with Crippen LogP contribution in [0.1, 0.15) is 25.7 Å². The molecule has 4 N–H and O–H groups in total. The van der Waals surface area contributed by atoms with Crippen molar-refractivity contribution in [3.8, 4) is 0 Å². The van der Waals surface area contributed by atoms with Gasteiger partial charge >= 0.3 is 5.97 Å². The minimum atomic E-state index is -1.02. The molecule has 0 amide bonds. The van der Waals surface area contributed by atoms with E-state index in [-0.39, 0.29) is 0 Å². The quantitative estimate of drug-likeness (QED) is 0.637. The van der Waals surface area contributed by atoms with Gasteiger partial charge in [-0.3, -0.25) is 4.79 Å². The van der Waals surface area contributed by atoms with Crippen LogP contribution in [0, 0.1) is 5.41 Å². The van der Waals surface area contributed by atoms with E-state index >= 15 is 0 Å². The second-order valence-electron chi connectivity index (χ2n) is 3.48. The van der Waals surface area contributed by atoms with E-state index in [4.69, 9.17) is 10.8 Å². The number of hydrogen-bond donors (Lipinski definition) is 3. The molecule has 0 fully saturated rings. The Morgan fingerprint density at radius 1 is 1.77 bits per heavy atom. The molecule has 0 aliphatic rings. The molecule has 1 unspecified atom stereocenters. The van der Waals surface area contributed by atoms with Crippen LogP contribution in [-0.4, -0.2) is 21.0 Å². The summed E-state index contributed by atoms with van der Waals surface area (Å²) in [5.74, 6) is -0.441. The largest absolute Gasteiger partial charge is 0.481 e. The topological polar surface area (TPSA) is 92.0 Å². The third-order valence-corrected chi connectivity index (χ3v) is 2.14. The summed E-state index contributed by atoms with van der Waals surface area (Å²) in [6.45, 7) is 3.14. The van der Waals surface area contributed by atoms with Gasteiger partial charge in [-0.1, -0.05) is 0 Å². The lowest BCUT2D eigenvalue weighted by Crippen LogP contribution is -2.37. The van der Waals surface area contributed by atoms with Crippen molar-refractivity contribution in [2.75, 3.05) is 0 Å². The van der Waals surface area contributed by atoms with Crippen LogP contribution < -0.4 is 5.73 Å². The number of nitrogens with two attached hydrogens (primary N) is 1. The van der Waals surface area contributed by atoms with Gasteiger partial charge in [-0.25, -0.2) is 4.98 Å². The SMILES string of the molecule is CC(C)(C(=O)O)C(N)c1ncc[nH]1. The third-order valence-electron chi connectivity index (χ3n) is 2.14. The number of carboxylic acid groups (broad SMARTS) is 1. The van der Waals surface area contributed by atoms with E-state index in [9.17, 15) is 4.79 Å². The van der Waals surface area contributed by atoms with Gasteiger partial charge in [-0.15, -0.1) is 0 Å². The van der Waals surface area contributed by atoms with Crippen molar-refractivity contribution in [3.05, 3.63) is 18.2 Å². The van der Waals surface area contributed by atoms with E-state index in [1.807, 2.05) is 0 Å². The molecule has 5 nitrogen and oxygen atoms in total. The van der Waals surface area contributed by atoms with Crippen LogP contribution >= 0.6 is 0 Å². The van der Waals surface area contributed by atoms with E-state index in [1.54, 1.807) is 26.2 Å². The highest BCUT2D eigenvalue weighted by Gasteiger charge is 2.36. The van der Waals surface area contributed by atoms with E-state index in [0.29, 0.717) is 5.82 Å². The maximum absolute atomic E-state index is 10.8. The first-order valence-electron chi connectivity index (χ1n) is 3.94. The molecule has 0 aromatic carbocycles. The van der Waals surface area contributed by atoms with Gasteiger partial charge in [0.25, 0.3) is 0 Å². The number of H-pyrrole nitrogens is 1. The van der Waals surface area contributed by atoms with Crippen LogP contribution in [-0.2, 0) is 4.79 Å². The zero-order valence-corrected chi connectivity index (χ0v) is 7.61. The van der Waals surface area contributed by atoms with Gasteiger partial charge in [0.15, 0.2) is 0 Å². The van der Waals surface area contributed by atoms with E-state index < -0.39 is 17.4 Å². The molecule has 0 radical (unpaired) electrons. The zero-order valence-electron chi connectivity index (χ0n) is 7.61. The second kappa shape index (κ2) is 3.18. The molecular weight excluding hydrogens is 170 g/mol. The molecule has 1 atom stereocenters. The van der Waals surface area contributed by atoms with Crippen LogP contribution in [0.4, 0.5) is 0 Å². The molecule has 1 rings (SSSR count). The van der Waals surface area contributed by atoms with Crippen LogP contribution in [0.3, 0.4) is 0 Å². The number of aromatic amines is 1. The zero-order chi connectivity index (χ0) is 10.1. The molecule has 5 heteroatoms. The first-order valence-corrected chi connectivity index (χ1v) is 3.94. The number of imidazole rings is 1. The van der Waals surface area contributed by atoms with Crippen molar-refractivity contribution in [1.29, 1.82) is 0 Å². The molecule has 0 saturated carbocycles. The molecule has 1 aromatic rings. The summed E-state index contributed by atoms with van der Waals surface area (Å²) in [4.78, 5) is 17.6. The highest BCUT2D eigenvalue weighted by Crippen LogP contribution is 2.29. The number of nitrogens with one attached hydrogen (secondary N) is 1. The van der Waals surface area contributed by atoms with Crippen molar-refractivity contribution in [2.45, 2.75) is 19.9 Å². The lowest BCUT2D eigenvalue weighted by Gasteiger charge is -2.24. The van der Waals surface area contributed by atoms with Crippen molar-refractivity contribution in [1.82, 2.24) is 9.97 Å². The normalized spacial score (nSPS) is 14.1. The monoisotopic (exact) mass is 183 g/mol. The number of carboxylic acids is 1. The summed E-state index contributed by atoms with van der Waals surface area (Å²) in [6.07, 6.45) is 3.17. The van der Waals surface area contributed by atoms with Gasteiger partial charge in [-0.2, -0.15) is 0 Å². The number of carbonyl (C=O) groups is 1. The van der Waals surface area contributed by atoms with Crippen LogP contribution in [0.15, 0.2) is 12.4 Å². The minimum absolute atomic E-state index is 0.493. The molecule has 0 spiro atoms.